The van der Waals surface area contributed by atoms with E-state index in [9.17, 15) is 4.79 Å². The van der Waals surface area contributed by atoms with E-state index in [1.807, 2.05) is 39.2 Å². The third-order valence-electron chi connectivity index (χ3n) is 2.06. The first-order chi connectivity index (χ1) is 7.90. The Morgan fingerprint density at radius 3 is 2.71 bits per heavy atom. The number of nitrogens with zero attached hydrogens (tertiary/aromatic N) is 1. The van der Waals surface area contributed by atoms with Crippen molar-refractivity contribution in [2.45, 2.75) is 46.4 Å². The predicted molar refractivity (Wildman–Crippen MR) is 66.3 cm³/mol. The molecule has 0 aliphatic heterocycles. The van der Waals surface area contributed by atoms with Crippen molar-refractivity contribution < 1.29 is 9.53 Å². The summed E-state index contributed by atoms with van der Waals surface area (Å²) in [6, 6.07) is 2.01. The highest BCUT2D eigenvalue weighted by Gasteiger charge is 2.15. The number of amides is 1. The molecule has 0 aliphatic carbocycles. The van der Waals surface area contributed by atoms with E-state index in [1.54, 1.807) is 0 Å². The maximum Gasteiger partial charge on any atom is 0.422 e. The lowest BCUT2D eigenvalue weighted by atomic mass is 10.2. The maximum absolute atomic E-state index is 11.3. The average Bonchev–Trinajstić information content (AvgIpc) is 2.63. The van der Waals surface area contributed by atoms with Gasteiger partial charge in [-0.15, -0.1) is 0 Å². The molecule has 1 heterocycles. The van der Waals surface area contributed by atoms with E-state index in [1.165, 1.54) is 0 Å². The second-order valence-corrected chi connectivity index (χ2v) is 4.83. The molecule has 0 radical (unpaired) electrons. The van der Waals surface area contributed by atoms with Gasteiger partial charge in [-0.2, -0.15) is 0 Å². The van der Waals surface area contributed by atoms with Crippen LogP contribution in [-0.2, 0) is 17.8 Å². The molecule has 1 rings (SSSR count). The monoisotopic (exact) mass is 239 g/mol. The summed E-state index contributed by atoms with van der Waals surface area (Å²) >= 11 is 0. The summed E-state index contributed by atoms with van der Waals surface area (Å²) in [6.45, 7) is 9.08. The van der Waals surface area contributed by atoms with E-state index in [2.05, 4.69) is 22.3 Å². The molecule has 5 heteroatoms. The molecule has 0 unspecified atom stereocenters. The Bertz CT molecular complexity index is 366. The number of ether oxygens (including phenoxy) is 1. The van der Waals surface area contributed by atoms with Crippen LogP contribution in [0.2, 0.25) is 0 Å². The Kier molecular flexibility index (Phi) is 4.57. The molecule has 0 bridgehead atoms. The van der Waals surface area contributed by atoms with Gasteiger partial charge in [-0.1, -0.05) is 0 Å². The van der Waals surface area contributed by atoms with Crippen LogP contribution in [0.15, 0.2) is 18.5 Å². The van der Waals surface area contributed by atoms with Gasteiger partial charge in [0.1, 0.15) is 5.60 Å². The topological polar surface area (TPSA) is 55.3 Å². The van der Waals surface area contributed by atoms with Gasteiger partial charge < -0.3 is 9.30 Å². The predicted octanol–water partition coefficient (Wildman–Crippen LogP) is 2.04. The number of aryl methyl sites for hydroxylation is 1. The summed E-state index contributed by atoms with van der Waals surface area (Å²) < 4.78 is 7.16. The molecule has 0 atom stereocenters. The fourth-order valence-corrected chi connectivity index (χ4v) is 1.31. The molecule has 2 N–H and O–H groups in total. The van der Waals surface area contributed by atoms with Crippen LogP contribution in [0.5, 0.6) is 0 Å². The highest BCUT2D eigenvalue weighted by Crippen LogP contribution is 2.06. The van der Waals surface area contributed by atoms with Crippen molar-refractivity contribution in [1.29, 1.82) is 0 Å². The fourth-order valence-electron chi connectivity index (χ4n) is 1.31. The highest BCUT2D eigenvalue weighted by atomic mass is 16.6. The van der Waals surface area contributed by atoms with Gasteiger partial charge in [-0.25, -0.2) is 10.2 Å². The van der Waals surface area contributed by atoms with Crippen LogP contribution in [-0.4, -0.2) is 16.3 Å². The van der Waals surface area contributed by atoms with Crippen LogP contribution in [0.1, 0.15) is 33.3 Å². The van der Waals surface area contributed by atoms with Crippen LogP contribution in [0.3, 0.4) is 0 Å². The molecule has 0 fully saturated rings. The van der Waals surface area contributed by atoms with E-state index in [0.29, 0.717) is 6.54 Å². The van der Waals surface area contributed by atoms with Crippen molar-refractivity contribution in [3.63, 3.8) is 0 Å². The normalized spacial score (nSPS) is 11.3. The largest absolute Gasteiger partial charge is 0.443 e. The lowest BCUT2D eigenvalue weighted by molar-refractivity contribution is 0.0497. The number of rotatable bonds is 4. The van der Waals surface area contributed by atoms with Gasteiger partial charge in [0.2, 0.25) is 0 Å². The average molecular weight is 239 g/mol. The van der Waals surface area contributed by atoms with Gasteiger partial charge in [0.05, 0.1) is 0 Å². The van der Waals surface area contributed by atoms with Crippen molar-refractivity contribution in [3.8, 4) is 0 Å². The van der Waals surface area contributed by atoms with Crippen molar-refractivity contribution in [1.82, 2.24) is 15.4 Å². The zero-order chi connectivity index (χ0) is 12.9. The van der Waals surface area contributed by atoms with Gasteiger partial charge in [0, 0.05) is 25.5 Å². The third kappa shape index (κ3) is 5.40. The van der Waals surface area contributed by atoms with Crippen LogP contribution in [0.25, 0.3) is 0 Å². The van der Waals surface area contributed by atoms with E-state index in [-0.39, 0.29) is 0 Å². The lowest BCUT2D eigenvalue weighted by Gasteiger charge is -2.19. The summed E-state index contributed by atoms with van der Waals surface area (Å²) in [5, 5.41) is 0. The minimum Gasteiger partial charge on any atom is -0.443 e. The Morgan fingerprint density at radius 1 is 1.47 bits per heavy atom. The van der Waals surface area contributed by atoms with Crippen molar-refractivity contribution >= 4 is 6.09 Å². The molecule has 1 aromatic heterocycles. The molecule has 0 saturated heterocycles. The zero-order valence-corrected chi connectivity index (χ0v) is 10.9. The molecule has 0 saturated carbocycles. The van der Waals surface area contributed by atoms with Crippen LogP contribution < -0.4 is 10.9 Å². The summed E-state index contributed by atoms with van der Waals surface area (Å²) in [5.74, 6) is 0. The first-order valence-corrected chi connectivity index (χ1v) is 5.77. The summed E-state index contributed by atoms with van der Waals surface area (Å²) in [4.78, 5) is 11.3. The molecule has 96 valence electrons. The summed E-state index contributed by atoms with van der Waals surface area (Å²) in [6.07, 6.45) is 3.57. The number of carbonyl (C=O) groups excluding carboxylic acids is 1. The number of aromatic nitrogens is 1. The second kappa shape index (κ2) is 5.72. The minimum atomic E-state index is -0.475. The standard InChI is InChI=1S/C12H21N3O2/c1-5-15-7-6-10(9-15)8-13-14-11(16)17-12(2,3)4/h6-7,9,13H,5,8H2,1-4H3,(H,14,16). The number of nitrogens with one attached hydrogen (secondary N) is 2. The maximum atomic E-state index is 11.3. The van der Waals surface area contributed by atoms with Gasteiger partial charge in [0.15, 0.2) is 0 Å². The third-order valence-corrected chi connectivity index (χ3v) is 2.06. The second-order valence-electron chi connectivity index (χ2n) is 4.83. The quantitative estimate of drug-likeness (QED) is 0.790. The first kappa shape index (κ1) is 13.6. The Morgan fingerprint density at radius 2 is 2.18 bits per heavy atom. The van der Waals surface area contributed by atoms with Gasteiger partial charge in [-0.3, -0.25) is 5.43 Å². The molecule has 0 aliphatic rings. The van der Waals surface area contributed by atoms with E-state index >= 15 is 0 Å². The molecular formula is C12H21N3O2. The van der Waals surface area contributed by atoms with E-state index < -0.39 is 11.7 Å². The lowest BCUT2D eigenvalue weighted by Crippen LogP contribution is -2.40. The summed E-state index contributed by atoms with van der Waals surface area (Å²) in [5.41, 5.74) is 5.96. The fraction of sp³-hybridized carbons (Fsp3) is 0.583. The SMILES string of the molecule is CCn1ccc(CNNC(=O)OC(C)(C)C)c1. The van der Waals surface area contributed by atoms with E-state index in [0.717, 1.165) is 12.1 Å². The summed E-state index contributed by atoms with van der Waals surface area (Å²) in [7, 11) is 0. The van der Waals surface area contributed by atoms with Crippen LogP contribution >= 0.6 is 0 Å². The van der Waals surface area contributed by atoms with Crippen molar-refractivity contribution in [3.05, 3.63) is 24.0 Å². The van der Waals surface area contributed by atoms with E-state index in [4.69, 9.17) is 4.74 Å². The van der Waals surface area contributed by atoms with Crippen molar-refractivity contribution in [2.75, 3.05) is 0 Å². The van der Waals surface area contributed by atoms with Gasteiger partial charge in [-0.05, 0) is 39.3 Å². The zero-order valence-electron chi connectivity index (χ0n) is 10.9. The molecule has 17 heavy (non-hydrogen) atoms. The molecule has 0 aromatic carbocycles. The van der Waals surface area contributed by atoms with Crippen molar-refractivity contribution in [2.24, 2.45) is 0 Å². The Balaban J connectivity index is 2.26. The number of hydrogen-bond acceptors (Lipinski definition) is 3. The number of carbonyl (C=O) groups is 1. The van der Waals surface area contributed by atoms with Crippen LogP contribution in [0, 0.1) is 0 Å². The minimum absolute atomic E-state index is 0.465. The molecule has 0 spiro atoms. The molecular weight excluding hydrogens is 218 g/mol. The highest BCUT2D eigenvalue weighted by molar-refractivity contribution is 5.66. The van der Waals surface area contributed by atoms with Crippen LogP contribution in [0.4, 0.5) is 4.79 Å². The Labute approximate surface area is 102 Å². The molecule has 1 amide bonds. The number of hydrazine groups is 1. The number of hydrogen-bond donors (Lipinski definition) is 2. The molecule has 5 nitrogen and oxygen atoms in total. The van der Waals surface area contributed by atoms with Gasteiger partial charge >= 0.3 is 6.09 Å². The molecule has 1 aromatic rings. The Hall–Kier alpha value is -1.49. The smallest absolute Gasteiger partial charge is 0.422 e. The van der Waals surface area contributed by atoms with Gasteiger partial charge in [0.25, 0.3) is 0 Å². The first-order valence-electron chi connectivity index (χ1n) is 5.77.